The first kappa shape index (κ1) is 14.3. The van der Waals surface area contributed by atoms with Crippen LogP contribution in [0.5, 0.6) is 0 Å². The molecule has 2 rings (SSSR count). The van der Waals surface area contributed by atoms with Crippen molar-refractivity contribution >= 4 is 9.84 Å². The predicted octanol–water partition coefficient (Wildman–Crippen LogP) is 2.35. The predicted molar refractivity (Wildman–Crippen MR) is 75.1 cm³/mol. The molecule has 0 aromatic heterocycles. The zero-order valence-corrected chi connectivity index (χ0v) is 12.3. The highest BCUT2D eigenvalue weighted by atomic mass is 32.2. The molecule has 106 valence electrons. The number of nitrogens with two attached hydrogens (primary N) is 1. The minimum Gasteiger partial charge on any atom is -0.327 e. The Kier molecular flexibility index (Phi) is 4.70. The highest BCUT2D eigenvalue weighted by Gasteiger charge is 2.32. The van der Waals surface area contributed by atoms with Gasteiger partial charge in [-0.1, -0.05) is 26.2 Å². The van der Waals surface area contributed by atoms with E-state index in [1.807, 2.05) is 0 Å². The monoisotopic (exact) mass is 273 g/mol. The molecule has 18 heavy (non-hydrogen) atoms. The third-order valence-corrected chi connectivity index (χ3v) is 6.78. The first-order valence-electron chi connectivity index (χ1n) is 7.46. The molecule has 3 nitrogen and oxygen atoms in total. The van der Waals surface area contributed by atoms with E-state index in [-0.39, 0.29) is 6.04 Å². The maximum Gasteiger partial charge on any atom is 0.150 e. The molecule has 0 aromatic rings. The molecular formula is C14H27NO2S. The van der Waals surface area contributed by atoms with Crippen LogP contribution in [0.15, 0.2) is 0 Å². The Labute approximate surface area is 111 Å². The summed E-state index contributed by atoms with van der Waals surface area (Å²) < 4.78 is 22.9. The fourth-order valence-corrected chi connectivity index (χ4v) is 5.61. The van der Waals surface area contributed by atoms with Crippen molar-refractivity contribution in [2.24, 2.45) is 23.5 Å². The van der Waals surface area contributed by atoms with Crippen molar-refractivity contribution in [1.82, 2.24) is 0 Å². The standard InChI is InChI=1S/C14H27NO2S/c1-2-11-4-3-5-13(8-11)14(15)9-12-6-7-18(16,17)10-12/h11-14H,2-10,15H2,1H3. The Balaban J connectivity index is 1.82. The zero-order valence-electron chi connectivity index (χ0n) is 11.5. The van der Waals surface area contributed by atoms with Crippen molar-refractivity contribution in [2.45, 2.75) is 57.9 Å². The van der Waals surface area contributed by atoms with Crippen LogP contribution >= 0.6 is 0 Å². The lowest BCUT2D eigenvalue weighted by Gasteiger charge is -2.33. The highest BCUT2D eigenvalue weighted by Crippen LogP contribution is 2.35. The van der Waals surface area contributed by atoms with E-state index < -0.39 is 9.84 Å². The van der Waals surface area contributed by atoms with E-state index in [2.05, 4.69) is 6.92 Å². The van der Waals surface area contributed by atoms with E-state index in [1.165, 1.54) is 32.1 Å². The van der Waals surface area contributed by atoms with Crippen LogP contribution in [0.1, 0.15) is 51.9 Å². The number of sulfone groups is 1. The molecule has 1 heterocycles. The lowest BCUT2D eigenvalue weighted by Crippen LogP contribution is -2.35. The van der Waals surface area contributed by atoms with Gasteiger partial charge in [0, 0.05) is 6.04 Å². The number of rotatable bonds is 4. The van der Waals surface area contributed by atoms with Gasteiger partial charge in [-0.2, -0.15) is 0 Å². The summed E-state index contributed by atoms with van der Waals surface area (Å²) in [6, 6.07) is 0.220. The molecule has 0 radical (unpaired) electrons. The fraction of sp³-hybridized carbons (Fsp3) is 1.00. The van der Waals surface area contributed by atoms with E-state index in [4.69, 9.17) is 5.73 Å². The summed E-state index contributed by atoms with van der Waals surface area (Å²) in [6.45, 7) is 2.27. The van der Waals surface area contributed by atoms with E-state index >= 15 is 0 Å². The Hall–Kier alpha value is -0.0900. The summed E-state index contributed by atoms with van der Waals surface area (Å²) in [6.07, 6.45) is 8.19. The van der Waals surface area contributed by atoms with Crippen LogP contribution in [0, 0.1) is 17.8 Å². The van der Waals surface area contributed by atoms with Gasteiger partial charge in [-0.15, -0.1) is 0 Å². The SMILES string of the molecule is CCC1CCCC(C(N)CC2CCS(=O)(=O)C2)C1. The maximum atomic E-state index is 11.5. The van der Waals surface area contributed by atoms with Gasteiger partial charge in [0.15, 0.2) is 9.84 Å². The number of hydrogen-bond donors (Lipinski definition) is 1. The maximum absolute atomic E-state index is 11.5. The van der Waals surface area contributed by atoms with Crippen molar-refractivity contribution in [1.29, 1.82) is 0 Å². The van der Waals surface area contributed by atoms with Crippen molar-refractivity contribution in [2.75, 3.05) is 11.5 Å². The first-order chi connectivity index (χ1) is 8.50. The van der Waals surface area contributed by atoms with Crippen LogP contribution in [0.3, 0.4) is 0 Å². The van der Waals surface area contributed by atoms with E-state index in [9.17, 15) is 8.42 Å². The summed E-state index contributed by atoms with van der Waals surface area (Å²) in [4.78, 5) is 0. The van der Waals surface area contributed by atoms with Crippen LogP contribution in [-0.4, -0.2) is 26.0 Å². The molecule has 1 saturated heterocycles. The Bertz CT molecular complexity index is 366. The van der Waals surface area contributed by atoms with Crippen LogP contribution in [0.25, 0.3) is 0 Å². The smallest absolute Gasteiger partial charge is 0.150 e. The normalized spacial score (nSPS) is 37.6. The fourth-order valence-electron chi connectivity index (χ4n) is 3.73. The van der Waals surface area contributed by atoms with Gasteiger partial charge in [0.1, 0.15) is 0 Å². The Morgan fingerprint density at radius 2 is 2.00 bits per heavy atom. The molecule has 1 saturated carbocycles. The second-order valence-corrected chi connectivity index (χ2v) is 8.60. The molecule has 4 unspecified atom stereocenters. The Morgan fingerprint density at radius 1 is 1.22 bits per heavy atom. The Morgan fingerprint density at radius 3 is 2.61 bits per heavy atom. The van der Waals surface area contributed by atoms with Gasteiger partial charge in [0.25, 0.3) is 0 Å². The third-order valence-electron chi connectivity index (χ3n) is 4.94. The lowest BCUT2D eigenvalue weighted by atomic mass is 9.75. The van der Waals surface area contributed by atoms with Gasteiger partial charge < -0.3 is 5.73 Å². The highest BCUT2D eigenvalue weighted by molar-refractivity contribution is 7.91. The van der Waals surface area contributed by atoms with Gasteiger partial charge in [0.05, 0.1) is 11.5 Å². The van der Waals surface area contributed by atoms with E-state index in [0.29, 0.717) is 23.3 Å². The zero-order chi connectivity index (χ0) is 13.2. The first-order valence-corrected chi connectivity index (χ1v) is 9.28. The van der Waals surface area contributed by atoms with Crippen LogP contribution < -0.4 is 5.73 Å². The molecule has 1 aliphatic carbocycles. The second kappa shape index (κ2) is 5.91. The van der Waals surface area contributed by atoms with Crippen LogP contribution in [0.2, 0.25) is 0 Å². The quantitative estimate of drug-likeness (QED) is 0.855. The molecule has 2 aliphatic rings. The van der Waals surface area contributed by atoms with Gasteiger partial charge in [-0.05, 0) is 43.4 Å². The molecule has 2 fully saturated rings. The molecule has 0 amide bonds. The summed E-state index contributed by atoms with van der Waals surface area (Å²) in [5.74, 6) is 2.57. The molecule has 0 bridgehead atoms. The van der Waals surface area contributed by atoms with Gasteiger partial charge >= 0.3 is 0 Å². The van der Waals surface area contributed by atoms with Crippen molar-refractivity contribution < 1.29 is 8.42 Å². The van der Waals surface area contributed by atoms with Crippen LogP contribution in [0.4, 0.5) is 0 Å². The third kappa shape index (κ3) is 3.70. The summed E-state index contributed by atoms with van der Waals surface area (Å²) in [7, 11) is -2.74. The summed E-state index contributed by atoms with van der Waals surface area (Å²) in [5, 5.41) is 0. The largest absolute Gasteiger partial charge is 0.327 e. The minimum absolute atomic E-state index is 0.220. The molecule has 1 aliphatic heterocycles. The second-order valence-electron chi connectivity index (χ2n) is 6.37. The van der Waals surface area contributed by atoms with Crippen molar-refractivity contribution in [3.8, 4) is 0 Å². The van der Waals surface area contributed by atoms with Gasteiger partial charge in [-0.3, -0.25) is 0 Å². The molecule has 2 N–H and O–H groups in total. The minimum atomic E-state index is -2.74. The van der Waals surface area contributed by atoms with Gasteiger partial charge in [-0.25, -0.2) is 8.42 Å². The molecule has 4 atom stereocenters. The van der Waals surface area contributed by atoms with Crippen LogP contribution in [-0.2, 0) is 9.84 Å². The van der Waals surface area contributed by atoms with E-state index in [0.717, 1.165) is 18.8 Å². The van der Waals surface area contributed by atoms with Crippen molar-refractivity contribution in [3.05, 3.63) is 0 Å². The number of hydrogen-bond acceptors (Lipinski definition) is 3. The average molecular weight is 273 g/mol. The topological polar surface area (TPSA) is 60.2 Å². The summed E-state index contributed by atoms with van der Waals surface area (Å²) >= 11 is 0. The van der Waals surface area contributed by atoms with Gasteiger partial charge in [0.2, 0.25) is 0 Å². The van der Waals surface area contributed by atoms with Crippen molar-refractivity contribution in [3.63, 3.8) is 0 Å². The molecular weight excluding hydrogens is 246 g/mol. The lowest BCUT2D eigenvalue weighted by molar-refractivity contribution is 0.214. The average Bonchev–Trinajstić information content (AvgIpc) is 2.68. The van der Waals surface area contributed by atoms with E-state index in [1.54, 1.807) is 0 Å². The molecule has 4 heteroatoms. The molecule has 0 aromatic carbocycles. The summed E-state index contributed by atoms with van der Waals surface area (Å²) in [5.41, 5.74) is 6.34. The molecule has 0 spiro atoms.